The van der Waals surface area contributed by atoms with E-state index in [2.05, 4.69) is 81.5 Å². The summed E-state index contributed by atoms with van der Waals surface area (Å²) in [6, 6.07) is 0. The van der Waals surface area contributed by atoms with Gasteiger partial charge in [-0.2, -0.15) is 0 Å². The number of esters is 3. The molecule has 0 aliphatic carbocycles. The van der Waals surface area contributed by atoms with Crippen LogP contribution in [-0.4, -0.2) is 89.2 Å². The average molecular weight is 973 g/mol. The minimum absolute atomic E-state index is 0.0387. The van der Waals surface area contributed by atoms with Crippen molar-refractivity contribution in [2.45, 2.75) is 263 Å². The Balaban J connectivity index is 2.73. The van der Waals surface area contributed by atoms with Crippen LogP contribution in [0.4, 0.5) is 0 Å². The molecule has 0 bridgehead atoms. The average Bonchev–Trinajstić information content (AvgIpc) is 3.33. The third-order valence-electron chi connectivity index (χ3n) is 12.0. The lowest BCUT2D eigenvalue weighted by Gasteiger charge is -2.40. The number of carbonyl (C=O) groups excluding carboxylic acids is 3. The molecular formula is C57H96O12. The maximum atomic E-state index is 13.1. The first-order valence-corrected chi connectivity index (χ1v) is 27.3. The molecule has 0 aromatic carbocycles. The number of allylic oxidation sites excluding steroid dienone is 10. The number of carboxylic acid groups (broad SMARTS) is 1. The monoisotopic (exact) mass is 973 g/mol. The molecule has 1 aliphatic heterocycles. The van der Waals surface area contributed by atoms with E-state index in [9.17, 15) is 34.5 Å². The molecule has 12 nitrogen and oxygen atoms in total. The zero-order chi connectivity index (χ0) is 50.4. The molecule has 0 saturated carbocycles. The summed E-state index contributed by atoms with van der Waals surface area (Å²) in [6.45, 7) is 5.78. The Morgan fingerprint density at radius 2 is 0.928 bits per heavy atom. The van der Waals surface area contributed by atoms with Gasteiger partial charge in [0.25, 0.3) is 0 Å². The molecule has 1 saturated heterocycles. The van der Waals surface area contributed by atoms with Gasteiger partial charge in [-0.05, 0) is 96.3 Å². The number of carboxylic acids is 1. The third-order valence-corrected chi connectivity index (χ3v) is 12.0. The van der Waals surface area contributed by atoms with Gasteiger partial charge < -0.3 is 39.0 Å². The van der Waals surface area contributed by atoms with Crippen LogP contribution in [0.25, 0.3) is 0 Å². The zero-order valence-corrected chi connectivity index (χ0v) is 43.3. The van der Waals surface area contributed by atoms with Crippen LogP contribution >= 0.6 is 0 Å². The van der Waals surface area contributed by atoms with Crippen LogP contribution in [0.2, 0.25) is 0 Å². The molecule has 1 rings (SSSR count). The SMILES string of the molecule is CC/C=C\C/C=C\C/C=C\CCCCCCCC(=O)OC1C(OCC(COC(=O)CCCCCCC/C=C\CCCCCC)OC(=O)CCCCCCC/C=C\CCCC)OC(C(=O)O)C(O)C1O. The molecule has 6 atom stereocenters. The molecule has 0 amide bonds. The summed E-state index contributed by atoms with van der Waals surface area (Å²) in [5.41, 5.74) is 0. The first kappa shape index (κ1) is 63.4. The second-order valence-electron chi connectivity index (χ2n) is 18.5. The van der Waals surface area contributed by atoms with Crippen molar-refractivity contribution in [2.24, 2.45) is 0 Å². The van der Waals surface area contributed by atoms with Gasteiger partial charge in [0.15, 0.2) is 24.6 Å². The summed E-state index contributed by atoms with van der Waals surface area (Å²) < 4.78 is 28.3. The van der Waals surface area contributed by atoms with Crippen LogP contribution in [-0.2, 0) is 42.9 Å². The predicted molar refractivity (Wildman–Crippen MR) is 275 cm³/mol. The molecule has 396 valence electrons. The van der Waals surface area contributed by atoms with E-state index in [0.717, 1.165) is 128 Å². The van der Waals surface area contributed by atoms with Crippen LogP contribution in [0, 0.1) is 0 Å². The van der Waals surface area contributed by atoms with Gasteiger partial charge in [-0.1, -0.05) is 171 Å². The Bertz CT molecular complexity index is 1440. The highest BCUT2D eigenvalue weighted by atomic mass is 16.7. The predicted octanol–water partition coefficient (Wildman–Crippen LogP) is 13.2. The number of aliphatic carboxylic acids is 1. The van der Waals surface area contributed by atoms with Crippen molar-refractivity contribution in [3.63, 3.8) is 0 Å². The van der Waals surface area contributed by atoms with E-state index in [1.165, 1.54) is 38.5 Å². The van der Waals surface area contributed by atoms with E-state index in [4.69, 9.17) is 23.7 Å². The topological polar surface area (TPSA) is 175 Å². The molecule has 0 aromatic rings. The Morgan fingerprint density at radius 3 is 1.45 bits per heavy atom. The molecule has 12 heteroatoms. The number of ether oxygens (including phenoxy) is 5. The molecule has 1 heterocycles. The van der Waals surface area contributed by atoms with E-state index >= 15 is 0 Å². The van der Waals surface area contributed by atoms with E-state index in [1.54, 1.807) is 0 Å². The highest BCUT2D eigenvalue weighted by molar-refractivity contribution is 5.74. The van der Waals surface area contributed by atoms with Gasteiger partial charge in [-0.25, -0.2) is 4.79 Å². The second-order valence-corrected chi connectivity index (χ2v) is 18.5. The standard InChI is InChI=1S/C57H96O12/c1-4-7-10-13-16-19-22-24-25-27-30-33-36-39-42-45-51(60)68-55-53(62)52(61)54(56(63)64)69-57(55)66-47-48(67-50(59)44-41-38-35-32-28-21-18-15-12-9-6-3)46-65-49(58)43-40-37-34-31-29-26-23-20-17-14-11-8-5-2/h7,10,15-16,18-20,23-25,48,52-55,57,61-62H,4-6,8-9,11-14,17,21-22,26-47H2,1-3H3,(H,63,64)/b10-7-,18-15-,19-16-,23-20-,25-24-. The van der Waals surface area contributed by atoms with Gasteiger partial charge in [-0.3, -0.25) is 14.4 Å². The third kappa shape index (κ3) is 36.1. The van der Waals surface area contributed by atoms with Crippen LogP contribution in [0.5, 0.6) is 0 Å². The lowest BCUT2D eigenvalue weighted by Crippen LogP contribution is -2.61. The van der Waals surface area contributed by atoms with Crippen molar-refractivity contribution < 1.29 is 58.2 Å². The zero-order valence-electron chi connectivity index (χ0n) is 43.3. The van der Waals surface area contributed by atoms with Gasteiger partial charge >= 0.3 is 23.9 Å². The van der Waals surface area contributed by atoms with E-state index in [-0.39, 0.29) is 25.9 Å². The van der Waals surface area contributed by atoms with Crippen molar-refractivity contribution >= 4 is 23.9 Å². The number of aliphatic hydroxyl groups excluding tert-OH is 2. The Hall–Kier alpha value is -3.58. The molecule has 3 N–H and O–H groups in total. The van der Waals surface area contributed by atoms with Crippen molar-refractivity contribution in [1.29, 1.82) is 0 Å². The molecule has 0 spiro atoms. The quantitative estimate of drug-likeness (QED) is 0.0228. The fourth-order valence-electron chi connectivity index (χ4n) is 7.83. The van der Waals surface area contributed by atoms with Gasteiger partial charge in [-0.15, -0.1) is 0 Å². The van der Waals surface area contributed by atoms with Gasteiger partial charge in [0.05, 0.1) is 6.61 Å². The summed E-state index contributed by atoms with van der Waals surface area (Å²) in [4.78, 5) is 50.9. The Kier molecular flexibility index (Phi) is 41.9. The summed E-state index contributed by atoms with van der Waals surface area (Å²) in [7, 11) is 0. The smallest absolute Gasteiger partial charge is 0.335 e. The Labute approximate surface area is 417 Å². The van der Waals surface area contributed by atoms with E-state index in [1.807, 2.05) is 0 Å². The molecular weight excluding hydrogens is 877 g/mol. The fraction of sp³-hybridized carbons (Fsp3) is 0.754. The van der Waals surface area contributed by atoms with Crippen LogP contribution < -0.4 is 0 Å². The van der Waals surface area contributed by atoms with Crippen molar-refractivity contribution in [3.8, 4) is 0 Å². The lowest BCUT2D eigenvalue weighted by atomic mass is 9.98. The minimum atomic E-state index is -1.91. The second kappa shape index (κ2) is 45.6. The number of unbranched alkanes of at least 4 members (excludes halogenated alkanes) is 21. The highest BCUT2D eigenvalue weighted by Crippen LogP contribution is 2.26. The minimum Gasteiger partial charge on any atom is -0.479 e. The molecule has 0 radical (unpaired) electrons. The number of carbonyl (C=O) groups is 4. The summed E-state index contributed by atoms with van der Waals surface area (Å²) in [5.74, 6) is -3.16. The molecule has 0 aromatic heterocycles. The molecule has 6 unspecified atom stereocenters. The van der Waals surface area contributed by atoms with Crippen molar-refractivity contribution in [2.75, 3.05) is 13.2 Å². The first-order valence-electron chi connectivity index (χ1n) is 27.3. The lowest BCUT2D eigenvalue weighted by molar-refractivity contribution is -0.301. The highest BCUT2D eigenvalue weighted by Gasteiger charge is 2.50. The number of aliphatic hydroxyl groups is 2. The maximum Gasteiger partial charge on any atom is 0.335 e. The molecule has 1 fully saturated rings. The van der Waals surface area contributed by atoms with Gasteiger partial charge in [0.1, 0.15) is 18.8 Å². The molecule has 1 aliphatic rings. The van der Waals surface area contributed by atoms with Crippen molar-refractivity contribution in [1.82, 2.24) is 0 Å². The van der Waals surface area contributed by atoms with Gasteiger partial charge in [0.2, 0.25) is 0 Å². The first-order chi connectivity index (χ1) is 33.6. The normalized spacial score (nSPS) is 19.1. The number of hydrogen-bond donors (Lipinski definition) is 3. The summed E-state index contributed by atoms with van der Waals surface area (Å²) >= 11 is 0. The van der Waals surface area contributed by atoms with Crippen LogP contribution in [0.15, 0.2) is 60.8 Å². The van der Waals surface area contributed by atoms with Crippen molar-refractivity contribution in [3.05, 3.63) is 60.8 Å². The number of hydrogen-bond acceptors (Lipinski definition) is 11. The summed E-state index contributed by atoms with van der Waals surface area (Å²) in [6.07, 6.45) is 42.0. The van der Waals surface area contributed by atoms with Crippen LogP contribution in [0.1, 0.15) is 226 Å². The Morgan fingerprint density at radius 1 is 0.493 bits per heavy atom. The largest absolute Gasteiger partial charge is 0.479 e. The molecule has 69 heavy (non-hydrogen) atoms. The fourth-order valence-corrected chi connectivity index (χ4v) is 7.83. The summed E-state index contributed by atoms with van der Waals surface area (Å²) in [5, 5.41) is 31.4. The van der Waals surface area contributed by atoms with Gasteiger partial charge in [0, 0.05) is 19.3 Å². The van der Waals surface area contributed by atoms with Crippen LogP contribution in [0.3, 0.4) is 0 Å². The van der Waals surface area contributed by atoms with E-state index in [0.29, 0.717) is 19.3 Å². The number of rotatable bonds is 45. The maximum absolute atomic E-state index is 13.1. The van der Waals surface area contributed by atoms with E-state index < -0.39 is 67.3 Å².